The van der Waals surface area contributed by atoms with Crippen LogP contribution in [0.1, 0.15) is 51.7 Å². The largest absolute Gasteiger partial charge is 0.383 e. The predicted octanol–water partition coefficient (Wildman–Crippen LogP) is 2.20. The van der Waals surface area contributed by atoms with Crippen molar-refractivity contribution in [2.75, 3.05) is 6.54 Å². The molecule has 27 heavy (non-hydrogen) atoms. The molecule has 1 saturated heterocycles. The van der Waals surface area contributed by atoms with E-state index in [9.17, 15) is 14.7 Å². The molecule has 1 aromatic carbocycles. The van der Waals surface area contributed by atoms with Gasteiger partial charge in [0.15, 0.2) is 0 Å². The molecule has 150 valence electrons. The zero-order valence-electron chi connectivity index (χ0n) is 16.5. The molecule has 0 spiro atoms. The van der Waals surface area contributed by atoms with Gasteiger partial charge >= 0.3 is 0 Å². The molecule has 1 aliphatic rings. The number of benzene rings is 1. The summed E-state index contributed by atoms with van der Waals surface area (Å²) in [5, 5.41) is 13.9. The van der Waals surface area contributed by atoms with Crippen molar-refractivity contribution in [3.63, 3.8) is 0 Å². The van der Waals surface area contributed by atoms with Crippen LogP contribution >= 0.6 is 11.6 Å². The summed E-state index contributed by atoms with van der Waals surface area (Å²) in [7, 11) is 0. The number of carbonyl (C=O) groups excluding carboxylic acids is 2. The Bertz CT molecular complexity index is 717. The van der Waals surface area contributed by atoms with Crippen LogP contribution < -0.4 is 11.1 Å². The molecule has 7 heteroatoms. The zero-order chi connectivity index (χ0) is 20.4. The average molecular weight is 396 g/mol. The maximum atomic E-state index is 13.0. The first-order chi connectivity index (χ1) is 12.5. The van der Waals surface area contributed by atoms with E-state index in [4.69, 9.17) is 17.3 Å². The van der Waals surface area contributed by atoms with Gasteiger partial charge in [-0.05, 0) is 48.4 Å². The van der Waals surface area contributed by atoms with Crippen molar-refractivity contribution in [3.05, 3.63) is 34.3 Å². The number of aliphatic hydroxyl groups excluding tert-OH is 1. The fraction of sp³-hybridized carbons (Fsp3) is 0.600. The number of likely N-dealkylation sites (tertiary alicyclic amines) is 1. The highest BCUT2D eigenvalue weighted by atomic mass is 35.5. The number of nitrogens with one attached hydrogen (secondary N) is 1. The van der Waals surface area contributed by atoms with Gasteiger partial charge in [0, 0.05) is 24.7 Å². The van der Waals surface area contributed by atoms with Crippen LogP contribution in [0.25, 0.3) is 0 Å². The Morgan fingerprint density at radius 3 is 2.63 bits per heavy atom. The van der Waals surface area contributed by atoms with Crippen molar-refractivity contribution in [2.24, 2.45) is 11.1 Å². The zero-order valence-corrected chi connectivity index (χ0v) is 17.3. The topological polar surface area (TPSA) is 95.7 Å². The van der Waals surface area contributed by atoms with Gasteiger partial charge in [-0.3, -0.25) is 9.59 Å². The number of nitrogens with zero attached hydrogens (tertiary/aromatic N) is 1. The number of hydrogen-bond donors (Lipinski definition) is 3. The molecular weight excluding hydrogens is 366 g/mol. The maximum Gasteiger partial charge on any atom is 0.252 e. The molecule has 1 fully saturated rings. The molecular formula is C20H30ClN3O3. The van der Waals surface area contributed by atoms with Gasteiger partial charge in [-0.15, -0.1) is 0 Å². The first-order valence-corrected chi connectivity index (χ1v) is 9.63. The number of hydrogen-bond acceptors (Lipinski definition) is 4. The molecule has 1 heterocycles. The van der Waals surface area contributed by atoms with Gasteiger partial charge in [-0.25, -0.2) is 0 Å². The summed E-state index contributed by atoms with van der Waals surface area (Å²) in [5.41, 5.74) is 5.95. The second-order valence-corrected chi connectivity index (χ2v) is 8.87. The van der Waals surface area contributed by atoms with Crippen LogP contribution in [0.2, 0.25) is 5.02 Å². The van der Waals surface area contributed by atoms with E-state index in [1.54, 1.807) is 39.8 Å². The highest BCUT2D eigenvalue weighted by Gasteiger charge is 2.48. The second-order valence-electron chi connectivity index (χ2n) is 8.44. The molecule has 6 nitrogen and oxygen atoms in total. The summed E-state index contributed by atoms with van der Waals surface area (Å²) >= 11 is 6.05. The minimum atomic E-state index is -1.15. The molecule has 0 saturated carbocycles. The predicted molar refractivity (Wildman–Crippen MR) is 106 cm³/mol. The van der Waals surface area contributed by atoms with Gasteiger partial charge in [-0.2, -0.15) is 0 Å². The Balaban J connectivity index is 2.14. The molecule has 1 aromatic rings. The van der Waals surface area contributed by atoms with Crippen molar-refractivity contribution in [2.45, 2.75) is 65.3 Å². The van der Waals surface area contributed by atoms with E-state index in [0.717, 1.165) is 17.5 Å². The first-order valence-electron chi connectivity index (χ1n) is 9.26. The van der Waals surface area contributed by atoms with E-state index in [2.05, 4.69) is 5.32 Å². The smallest absolute Gasteiger partial charge is 0.252 e. The lowest BCUT2D eigenvalue weighted by Gasteiger charge is -2.37. The molecule has 0 radical (unpaired) electrons. The van der Waals surface area contributed by atoms with Crippen LogP contribution in [0.4, 0.5) is 0 Å². The maximum absolute atomic E-state index is 13.0. The third kappa shape index (κ3) is 4.62. The summed E-state index contributed by atoms with van der Waals surface area (Å²) in [6, 6.07) is 5.39. The Hall–Kier alpha value is -1.63. The molecule has 2 unspecified atom stereocenters. The fourth-order valence-electron chi connectivity index (χ4n) is 3.39. The molecule has 0 aliphatic carbocycles. The lowest BCUT2D eigenvalue weighted by molar-refractivity contribution is -0.154. The second kappa shape index (κ2) is 8.17. The molecule has 1 aliphatic heterocycles. The average Bonchev–Trinajstić information content (AvgIpc) is 3.00. The fourth-order valence-corrected chi connectivity index (χ4v) is 3.59. The van der Waals surface area contributed by atoms with Crippen LogP contribution in [0, 0.1) is 5.41 Å². The van der Waals surface area contributed by atoms with Crippen molar-refractivity contribution >= 4 is 23.4 Å². The molecule has 2 rings (SSSR count). The van der Waals surface area contributed by atoms with Crippen LogP contribution in [-0.4, -0.2) is 40.0 Å². The van der Waals surface area contributed by atoms with Crippen LogP contribution in [0.5, 0.6) is 0 Å². The summed E-state index contributed by atoms with van der Waals surface area (Å²) in [6.07, 6.45) is 0.123. The van der Waals surface area contributed by atoms with E-state index in [-0.39, 0.29) is 12.5 Å². The van der Waals surface area contributed by atoms with E-state index in [1.165, 1.54) is 4.90 Å². The Morgan fingerprint density at radius 2 is 2.04 bits per heavy atom. The van der Waals surface area contributed by atoms with Gasteiger partial charge in [0.2, 0.25) is 5.91 Å². The van der Waals surface area contributed by atoms with Crippen LogP contribution in [-0.2, 0) is 22.7 Å². The monoisotopic (exact) mass is 395 g/mol. The standard InChI is InChI=1S/C20H30ClN3O3/c1-19(2,3)16(25)17(26)24-9-5-8-20(24,4)18(27)23-12-14-10-15(21)7-6-13(14)11-22/h6-7,10,16,25H,5,8-9,11-12,22H2,1-4H3,(H,23,27). The number of amides is 2. The van der Waals surface area contributed by atoms with Crippen molar-refractivity contribution < 1.29 is 14.7 Å². The van der Waals surface area contributed by atoms with Gasteiger partial charge in [-0.1, -0.05) is 38.4 Å². The van der Waals surface area contributed by atoms with Crippen LogP contribution in [0.15, 0.2) is 18.2 Å². The van der Waals surface area contributed by atoms with Gasteiger partial charge in [0.1, 0.15) is 11.6 Å². The van der Waals surface area contributed by atoms with Crippen molar-refractivity contribution in [3.8, 4) is 0 Å². The Kier molecular flexibility index (Phi) is 6.55. The quantitative estimate of drug-likeness (QED) is 0.712. The summed E-state index contributed by atoms with van der Waals surface area (Å²) in [4.78, 5) is 27.3. The highest BCUT2D eigenvalue weighted by Crippen LogP contribution is 2.32. The van der Waals surface area contributed by atoms with E-state index < -0.39 is 23.0 Å². The lowest BCUT2D eigenvalue weighted by atomic mass is 9.87. The summed E-state index contributed by atoms with van der Waals surface area (Å²) < 4.78 is 0. The number of aliphatic hydroxyl groups is 1. The lowest BCUT2D eigenvalue weighted by Crippen LogP contribution is -2.58. The molecule has 2 atom stereocenters. The molecule has 4 N–H and O–H groups in total. The SMILES string of the molecule is CC(C)(C)C(O)C(=O)N1CCCC1(C)C(=O)NCc1cc(Cl)ccc1CN. The first kappa shape index (κ1) is 21.7. The Morgan fingerprint density at radius 1 is 1.37 bits per heavy atom. The minimum Gasteiger partial charge on any atom is -0.383 e. The van der Waals surface area contributed by atoms with Crippen LogP contribution in [0.3, 0.4) is 0 Å². The third-order valence-corrected chi connectivity index (χ3v) is 5.51. The van der Waals surface area contributed by atoms with Gasteiger partial charge in [0.25, 0.3) is 5.91 Å². The normalized spacial score (nSPS) is 21.2. The minimum absolute atomic E-state index is 0.239. The number of rotatable bonds is 5. The van der Waals surface area contributed by atoms with Gasteiger partial charge in [0.05, 0.1) is 0 Å². The summed E-state index contributed by atoms with van der Waals surface area (Å²) in [6.45, 7) is 8.25. The number of carbonyl (C=O) groups is 2. The molecule has 0 bridgehead atoms. The number of halogens is 1. The van der Waals surface area contributed by atoms with E-state index in [1.807, 2.05) is 6.07 Å². The molecule has 0 aromatic heterocycles. The van der Waals surface area contributed by atoms with Crippen molar-refractivity contribution in [1.82, 2.24) is 10.2 Å². The third-order valence-electron chi connectivity index (χ3n) is 5.28. The Labute approximate surface area is 166 Å². The number of nitrogens with two attached hydrogens (primary N) is 1. The van der Waals surface area contributed by atoms with Gasteiger partial charge < -0.3 is 21.1 Å². The van der Waals surface area contributed by atoms with E-state index in [0.29, 0.717) is 24.5 Å². The molecule has 2 amide bonds. The highest BCUT2D eigenvalue weighted by molar-refractivity contribution is 6.30. The van der Waals surface area contributed by atoms with Crippen molar-refractivity contribution in [1.29, 1.82) is 0 Å². The van der Waals surface area contributed by atoms with E-state index >= 15 is 0 Å². The summed E-state index contributed by atoms with van der Waals surface area (Å²) in [5.74, 6) is -0.638.